The lowest BCUT2D eigenvalue weighted by atomic mass is 10.1. The van der Waals surface area contributed by atoms with E-state index in [0.717, 1.165) is 4.90 Å². The van der Waals surface area contributed by atoms with Crippen LogP contribution in [0.15, 0.2) is 71.6 Å². The average molecular weight is 412 g/mol. The summed E-state index contributed by atoms with van der Waals surface area (Å²) in [5.74, 6) is -1.93. The molecule has 1 aliphatic heterocycles. The molecule has 3 atom stereocenters. The number of nitrogens with zero attached hydrogens (tertiary/aromatic N) is 2. The predicted molar refractivity (Wildman–Crippen MR) is 102 cm³/mol. The summed E-state index contributed by atoms with van der Waals surface area (Å²) in [6.45, 7) is 0. The minimum atomic E-state index is -4.25. The molecule has 0 bridgehead atoms. The van der Waals surface area contributed by atoms with Crippen LogP contribution in [0.4, 0.5) is 0 Å². The fourth-order valence-electron chi connectivity index (χ4n) is 3.87. The van der Waals surface area contributed by atoms with Gasteiger partial charge in [-0.3, -0.25) is 24.6 Å². The van der Waals surface area contributed by atoms with Crippen molar-refractivity contribution in [2.24, 2.45) is 5.92 Å². The van der Waals surface area contributed by atoms with E-state index < -0.39 is 43.9 Å². The molecule has 1 heterocycles. The summed E-state index contributed by atoms with van der Waals surface area (Å²) >= 11 is 0. The molecule has 1 unspecified atom stereocenters. The van der Waals surface area contributed by atoms with Gasteiger partial charge in [-0.2, -0.15) is 0 Å². The summed E-state index contributed by atoms with van der Waals surface area (Å²) in [5, 5.41) is 9.79. The SMILES string of the molecule is O=C1c2ccccc2C(=O)N1[C@H]1C=C[C@@H](C([N+](=O)[O-])S(=O)(=O)c2ccccc2)C1. The van der Waals surface area contributed by atoms with Crippen LogP contribution >= 0.6 is 0 Å². The topological polar surface area (TPSA) is 115 Å². The van der Waals surface area contributed by atoms with Gasteiger partial charge < -0.3 is 0 Å². The molecule has 2 aromatic carbocycles. The second kappa shape index (κ2) is 6.93. The lowest BCUT2D eigenvalue weighted by Crippen LogP contribution is -2.41. The van der Waals surface area contributed by atoms with Crippen LogP contribution in [0.2, 0.25) is 0 Å². The molecule has 0 radical (unpaired) electrons. The standard InChI is InChI=1S/C20H16N2O6S/c23-18-16-8-4-5-9-17(16)19(24)21(18)14-11-10-13(12-14)20(22(25)26)29(27,28)15-6-2-1-3-7-15/h1-11,13-14,20H,12H2/t13-,14+,20?/m1/s1. The number of carbonyl (C=O) groups is 2. The Bertz CT molecular complexity index is 1110. The molecule has 2 aliphatic rings. The molecular weight excluding hydrogens is 396 g/mol. The first-order valence-electron chi connectivity index (χ1n) is 8.90. The number of nitro groups is 1. The summed E-state index contributed by atoms with van der Waals surface area (Å²) < 4.78 is 25.7. The Morgan fingerprint density at radius 1 is 0.931 bits per heavy atom. The van der Waals surface area contributed by atoms with E-state index >= 15 is 0 Å². The van der Waals surface area contributed by atoms with Crippen molar-refractivity contribution in [1.82, 2.24) is 4.90 Å². The Hall–Kier alpha value is -3.33. The zero-order valence-corrected chi connectivity index (χ0v) is 15.9. The molecule has 9 heteroatoms. The second-order valence-electron chi connectivity index (χ2n) is 6.91. The lowest BCUT2D eigenvalue weighted by molar-refractivity contribution is -0.504. The van der Waals surface area contributed by atoms with Crippen LogP contribution in [-0.2, 0) is 9.84 Å². The molecule has 1 aliphatic carbocycles. The highest BCUT2D eigenvalue weighted by molar-refractivity contribution is 7.91. The molecule has 2 amide bonds. The Morgan fingerprint density at radius 2 is 1.48 bits per heavy atom. The van der Waals surface area contributed by atoms with Gasteiger partial charge in [0, 0.05) is 4.92 Å². The van der Waals surface area contributed by atoms with Gasteiger partial charge in [0.2, 0.25) is 9.84 Å². The van der Waals surface area contributed by atoms with Crippen molar-refractivity contribution in [3.63, 3.8) is 0 Å². The maximum absolute atomic E-state index is 12.9. The number of fused-ring (bicyclic) bond motifs is 1. The number of imide groups is 1. The summed E-state index contributed by atoms with van der Waals surface area (Å²) in [5.41, 5.74) is 0.550. The maximum atomic E-state index is 12.9. The van der Waals surface area contributed by atoms with Gasteiger partial charge >= 0.3 is 5.37 Å². The van der Waals surface area contributed by atoms with Gasteiger partial charge in [-0.25, -0.2) is 8.42 Å². The summed E-state index contributed by atoms with van der Waals surface area (Å²) in [6, 6.07) is 12.9. The molecule has 0 fully saturated rings. The molecule has 8 nitrogen and oxygen atoms in total. The van der Waals surface area contributed by atoms with E-state index in [2.05, 4.69) is 0 Å². The lowest BCUT2D eigenvalue weighted by Gasteiger charge is -2.22. The first kappa shape index (κ1) is 19.0. The summed E-state index contributed by atoms with van der Waals surface area (Å²) in [4.78, 5) is 37.1. The van der Waals surface area contributed by atoms with Crippen LogP contribution in [0, 0.1) is 16.0 Å². The zero-order valence-electron chi connectivity index (χ0n) is 15.0. The highest BCUT2D eigenvalue weighted by atomic mass is 32.2. The van der Waals surface area contributed by atoms with Gasteiger partial charge in [0.1, 0.15) is 0 Å². The van der Waals surface area contributed by atoms with Crippen LogP contribution in [0.25, 0.3) is 0 Å². The Kier molecular flexibility index (Phi) is 4.54. The molecule has 0 N–H and O–H groups in total. The van der Waals surface area contributed by atoms with Crippen LogP contribution < -0.4 is 0 Å². The van der Waals surface area contributed by atoms with Crippen molar-refractivity contribution in [2.75, 3.05) is 0 Å². The minimum absolute atomic E-state index is 0.0246. The molecule has 2 aromatic rings. The number of benzene rings is 2. The fraction of sp³-hybridized carbons (Fsp3) is 0.200. The van der Waals surface area contributed by atoms with Gasteiger partial charge in [-0.15, -0.1) is 0 Å². The third kappa shape index (κ3) is 3.03. The molecular formula is C20H16N2O6S. The van der Waals surface area contributed by atoms with E-state index in [9.17, 15) is 28.1 Å². The van der Waals surface area contributed by atoms with E-state index in [-0.39, 0.29) is 22.4 Å². The monoisotopic (exact) mass is 412 g/mol. The van der Waals surface area contributed by atoms with Crippen molar-refractivity contribution in [2.45, 2.75) is 22.7 Å². The number of carbonyl (C=O) groups excluding carboxylic acids is 2. The third-order valence-electron chi connectivity index (χ3n) is 5.21. The van der Waals surface area contributed by atoms with Gasteiger partial charge in [-0.1, -0.05) is 42.5 Å². The highest BCUT2D eigenvalue weighted by Gasteiger charge is 2.48. The van der Waals surface area contributed by atoms with Crippen LogP contribution in [0.1, 0.15) is 27.1 Å². The van der Waals surface area contributed by atoms with Crippen molar-refractivity contribution < 1.29 is 22.9 Å². The van der Waals surface area contributed by atoms with E-state index in [4.69, 9.17) is 0 Å². The Morgan fingerprint density at radius 3 is 2.03 bits per heavy atom. The van der Waals surface area contributed by atoms with Crippen LogP contribution in [0.3, 0.4) is 0 Å². The predicted octanol–water partition coefficient (Wildman–Crippen LogP) is 2.30. The third-order valence-corrected chi connectivity index (χ3v) is 7.30. The second-order valence-corrected chi connectivity index (χ2v) is 8.96. The Labute approximate surface area is 166 Å². The molecule has 0 aromatic heterocycles. The number of hydrogen-bond acceptors (Lipinski definition) is 6. The van der Waals surface area contributed by atoms with Crippen molar-refractivity contribution in [1.29, 1.82) is 0 Å². The van der Waals surface area contributed by atoms with E-state index in [1.165, 1.54) is 36.4 Å². The van der Waals surface area contributed by atoms with Gasteiger partial charge in [0.15, 0.2) is 0 Å². The summed E-state index contributed by atoms with van der Waals surface area (Å²) in [6.07, 6.45) is 2.90. The first-order valence-corrected chi connectivity index (χ1v) is 10.4. The maximum Gasteiger partial charge on any atom is 0.320 e. The molecule has 0 saturated carbocycles. The zero-order chi connectivity index (χ0) is 20.8. The van der Waals surface area contributed by atoms with Crippen molar-refractivity contribution >= 4 is 21.7 Å². The molecule has 0 saturated heterocycles. The summed E-state index contributed by atoms with van der Waals surface area (Å²) in [7, 11) is -4.25. The average Bonchev–Trinajstić information content (AvgIpc) is 3.25. The normalized spacial score (nSPS) is 22.0. The number of sulfone groups is 1. The van der Waals surface area contributed by atoms with E-state index in [1.54, 1.807) is 30.3 Å². The van der Waals surface area contributed by atoms with E-state index in [1.807, 2.05) is 0 Å². The van der Waals surface area contributed by atoms with Gasteiger partial charge in [0.25, 0.3) is 11.8 Å². The fourth-order valence-corrected chi connectivity index (χ4v) is 5.57. The van der Waals surface area contributed by atoms with Gasteiger partial charge in [-0.05, 0) is 30.7 Å². The largest absolute Gasteiger partial charge is 0.320 e. The van der Waals surface area contributed by atoms with Gasteiger partial charge in [0.05, 0.1) is 28.0 Å². The minimum Gasteiger partial charge on any atom is -0.269 e. The van der Waals surface area contributed by atoms with Crippen molar-refractivity contribution in [3.05, 3.63) is 88.0 Å². The number of rotatable bonds is 5. The molecule has 29 heavy (non-hydrogen) atoms. The smallest absolute Gasteiger partial charge is 0.269 e. The number of amides is 2. The quantitative estimate of drug-likeness (QED) is 0.322. The molecule has 0 spiro atoms. The van der Waals surface area contributed by atoms with E-state index in [0.29, 0.717) is 0 Å². The molecule has 148 valence electrons. The van der Waals surface area contributed by atoms with Crippen LogP contribution in [-0.4, -0.2) is 41.5 Å². The van der Waals surface area contributed by atoms with Crippen molar-refractivity contribution in [3.8, 4) is 0 Å². The first-order chi connectivity index (χ1) is 13.8. The Balaban J connectivity index is 1.61. The van der Waals surface area contributed by atoms with Crippen LogP contribution in [0.5, 0.6) is 0 Å². The molecule has 4 rings (SSSR count). The number of hydrogen-bond donors (Lipinski definition) is 0. The highest BCUT2D eigenvalue weighted by Crippen LogP contribution is 2.35.